The summed E-state index contributed by atoms with van der Waals surface area (Å²) in [5, 5.41) is 2.77. The molecule has 6 nitrogen and oxygen atoms in total. The maximum atomic E-state index is 12.7. The second-order valence-electron chi connectivity index (χ2n) is 5.21. The highest BCUT2D eigenvalue weighted by Gasteiger charge is 2.32. The zero-order chi connectivity index (χ0) is 17.7. The first-order valence-corrected chi connectivity index (χ1v) is 9.42. The van der Waals surface area contributed by atoms with Crippen LogP contribution < -0.4 is 5.32 Å². The van der Waals surface area contributed by atoms with Crippen molar-refractivity contribution in [3.63, 3.8) is 0 Å². The molecule has 0 radical (unpaired) electrons. The molecule has 1 heterocycles. The number of hydrogen-bond donors (Lipinski definition) is 1. The van der Waals surface area contributed by atoms with Gasteiger partial charge in [0.05, 0.1) is 23.1 Å². The minimum atomic E-state index is -3.77. The van der Waals surface area contributed by atoms with Gasteiger partial charge in [-0.05, 0) is 12.1 Å². The maximum absolute atomic E-state index is 12.7. The Kier molecular flexibility index (Phi) is 6.49. The summed E-state index contributed by atoms with van der Waals surface area (Å²) >= 11 is 12.0. The summed E-state index contributed by atoms with van der Waals surface area (Å²) in [6.45, 7) is 1.74. The van der Waals surface area contributed by atoms with Crippen molar-refractivity contribution in [2.24, 2.45) is 0 Å². The van der Waals surface area contributed by atoms with Gasteiger partial charge in [0.15, 0.2) is 0 Å². The van der Waals surface area contributed by atoms with E-state index in [0.29, 0.717) is 13.1 Å². The summed E-state index contributed by atoms with van der Waals surface area (Å²) in [6, 6.07) is 4.58. The minimum absolute atomic E-state index is 0.0754. The number of amides is 1. The van der Waals surface area contributed by atoms with E-state index in [0.717, 1.165) is 0 Å². The van der Waals surface area contributed by atoms with Crippen LogP contribution in [0.5, 0.6) is 0 Å². The van der Waals surface area contributed by atoms with Crippen LogP contribution >= 0.6 is 23.2 Å². The highest BCUT2D eigenvalue weighted by Crippen LogP contribution is 2.31. The molecule has 1 amide bonds. The van der Waals surface area contributed by atoms with Gasteiger partial charge in [0.25, 0.3) is 0 Å². The van der Waals surface area contributed by atoms with Crippen molar-refractivity contribution in [1.82, 2.24) is 14.5 Å². The largest absolute Gasteiger partial charge is 0.344 e. The average Bonchev–Trinajstić information content (AvgIpc) is 2.53. The number of sulfonamides is 1. The summed E-state index contributed by atoms with van der Waals surface area (Å²) in [4.78, 5) is 13.4. The van der Waals surface area contributed by atoms with E-state index in [2.05, 4.69) is 11.2 Å². The van der Waals surface area contributed by atoms with Crippen LogP contribution in [0.4, 0.5) is 0 Å². The molecule has 9 heteroatoms. The highest BCUT2D eigenvalue weighted by molar-refractivity contribution is 7.89. The first-order valence-electron chi connectivity index (χ1n) is 7.23. The van der Waals surface area contributed by atoms with Gasteiger partial charge in [0.2, 0.25) is 15.9 Å². The van der Waals surface area contributed by atoms with E-state index in [4.69, 9.17) is 29.6 Å². The van der Waals surface area contributed by atoms with Gasteiger partial charge in [0, 0.05) is 26.2 Å². The number of halogens is 2. The summed E-state index contributed by atoms with van der Waals surface area (Å²) in [5.74, 6) is 2.15. The minimum Gasteiger partial charge on any atom is -0.344 e. The van der Waals surface area contributed by atoms with Crippen molar-refractivity contribution >= 4 is 39.1 Å². The number of benzene rings is 1. The molecule has 0 spiro atoms. The lowest BCUT2D eigenvalue weighted by Crippen LogP contribution is -2.51. The van der Waals surface area contributed by atoms with Crippen molar-refractivity contribution in [2.75, 3.05) is 39.3 Å². The molecular formula is C15H17Cl2N3O3S. The Labute approximate surface area is 151 Å². The molecule has 0 aromatic heterocycles. The Morgan fingerprint density at radius 3 is 2.33 bits per heavy atom. The third-order valence-electron chi connectivity index (χ3n) is 3.60. The first kappa shape index (κ1) is 19.0. The lowest BCUT2D eigenvalue weighted by atomic mass is 10.3. The van der Waals surface area contributed by atoms with Gasteiger partial charge in [-0.15, -0.1) is 6.42 Å². The number of nitrogens with zero attached hydrogens (tertiary/aromatic N) is 2. The molecule has 2 rings (SSSR count). The highest BCUT2D eigenvalue weighted by atomic mass is 35.5. The third-order valence-corrected chi connectivity index (χ3v) is 6.46. The van der Waals surface area contributed by atoms with E-state index < -0.39 is 10.0 Å². The van der Waals surface area contributed by atoms with Gasteiger partial charge >= 0.3 is 0 Å². The van der Waals surface area contributed by atoms with Gasteiger partial charge in [0.1, 0.15) is 4.90 Å². The Balaban J connectivity index is 2.01. The quantitative estimate of drug-likeness (QED) is 0.764. The zero-order valence-electron chi connectivity index (χ0n) is 12.8. The van der Waals surface area contributed by atoms with E-state index in [1.807, 2.05) is 4.90 Å². The lowest BCUT2D eigenvalue weighted by Gasteiger charge is -2.33. The molecule has 0 unspecified atom stereocenters. The number of hydrogen-bond acceptors (Lipinski definition) is 4. The number of terminal acetylenes is 1. The molecule has 0 atom stereocenters. The van der Waals surface area contributed by atoms with Gasteiger partial charge in [-0.3, -0.25) is 9.69 Å². The second-order valence-corrected chi connectivity index (χ2v) is 7.90. The molecule has 0 saturated carbocycles. The van der Waals surface area contributed by atoms with Crippen LogP contribution in [0.15, 0.2) is 23.1 Å². The van der Waals surface area contributed by atoms with E-state index in [9.17, 15) is 13.2 Å². The predicted molar refractivity (Wildman–Crippen MR) is 93.5 cm³/mol. The molecule has 1 aliphatic heterocycles. The van der Waals surface area contributed by atoms with Crippen molar-refractivity contribution < 1.29 is 13.2 Å². The number of rotatable bonds is 5. The summed E-state index contributed by atoms with van der Waals surface area (Å²) in [7, 11) is -3.77. The number of carbonyl (C=O) groups excluding carboxylic acids is 1. The molecule has 1 aliphatic rings. The average molecular weight is 390 g/mol. The monoisotopic (exact) mass is 389 g/mol. The van der Waals surface area contributed by atoms with Crippen LogP contribution in [0.1, 0.15) is 0 Å². The molecule has 1 saturated heterocycles. The van der Waals surface area contributed by atoms with Gasteiger partial charge in [-0.2, -0.15) is 4.31 Å². The van der Waals surface area contributed by atoms with Gasteiger partial charge in [-0.25, -0.2) is 8.42 Å². The van der Waals surface area contributed by atoms with Crippen molar-refractivity contribution in [3.8, 4) is 12.3 Å². The standard InChI is InChI=1S/C15H17Cl2N3O3S/c1-2-6-18-14(21)11-19-7-9-20(10-8-19)24(22,23)15-12(16)4-3-5-13(15)17/h1,3-5H,6-11H2,(H,18,21). The van der Waals surface area contributed by atoms with Crippen LogP contribution in [0.2, 0.25) is 10.0 Å². The normalized spacial score (nSPS) is 16.5. The smallest absolute Gasteiger partial charge is 0.246 e. The molecule has 1 aromatic rings. The van der Waals surface area contributed by atoms with E-state index >= 15 is 0 Å². The Morgan fingerprint density at radius 2 is 1.79 bits per heavy atom. The SMILES string of the molecule is C#CCNC(=O)CN1CCN(S(=O)(=O)c2c(Cl)cccc2Cl)CC1. The second kappa shape index (κ2) is 8.19. The number of carbonyl (C=O) groups is 1. The van der Waals surface area contributed by atoms with E-state index in [1.54, 1.807) is 6.07 Å². The Morgan fingerprint density at radius 1 is 1.21 bits per heavy atom. The van der Waals surface area contributed by atoms with Crippen molar-refractivity contribution in [2.45, 2.75) is 4.90 Å². The predicted octanol–water partition coefficient (Wildman–Crippen LogP) is 1.05. The lowest BCUT2D eigenvalue weighted by molar-refractivity contribution is -0.122. The molecule has 1 aromatic carbocycles. The van der Waals surface area contributed by atoms with Crippen LogP contribution in [0, 0.1) is 12.3 Å². The fourth-order valence-corrected chi connectivity index (χ4v) is 4.91. The van der Waals surface area contributed by atoms with E-state index in [-0.39, 0.29) is 47.0 Å². The summed E-state index contributed by atoms with van der Waals surface area (Å²) in [6.07, 6.45) is 5.08. The molecular weight excluding hydrogens is 373 g/mol. The maximum Gasteiger partial charge on any atom is 0.246 e. The third kappa shape index (κ3) is 4.41. The summed E-state index contributed by atoms with van der Waals surface area (Å²) in [5.41, 5.74) is 0. The van der Waals surface area contributed by atoms with Gasteiger partial charge < -0.3 is 5.32 Å². The zero-order valence-corrected chi connectivity index (χ0v) is 15.2. The number of nitrogens with one attached hydrogen (secondary N) is 1. The van der Waals surface area contributed by atoms with Gasteiger partial charge in [-0.1, -0.05) is 35.2 Å². The molecule has 1 fully saturated rings. The molecule has 1 N–H and O–H groups in total. The fourth-order valence-electron chi connectivity index (χ4n) is 2.39. The van der Waals surface area contributed by atoms with E-state index in [1.165, 1.54) is 16.4 Å². The first-order chi connectivity index (χ1) is 11.4. The summed E-state index contributed by atoms with van der Waals surface area (Å²) < 4.78 is 26.8. The van der Waals surface area contributed by atoms with Crippen molar-refractivity contribution in [3.05, 3.63) is 28.2 Å². The Bertz CT molecular complexity index is 733. The molecule has 0 bridgehead atoms. The Hall–Kier alpha value is -1.30. The van der Waals surface area contributed by atoms with Crippen LogP contribution in [0.25, 0.3) is 0 Å². The molecule has 130 valence electrons. The van der Waals surface area contributed by atoms with Crippen LogP contribution in [0.3, 0.4) is 0 Å². The molecule has 0 aliphatic carbocycles. The molecule has 24 heavy (non-hydrogen) atoms. The number of piperazine rings is 1. The fraction of sp³-hybridized carbons (Fsp3) is 0.400. The topological polar surface area (TPSA) is 69.7 Å². The van der Waals surface area contributed by atoms with Crippen LogP contribution in [-0.4, -0.2) is 62.8 Å². The van der Waals surface area contributed by atoms with Crippen LogP contribution in [-0.2, 0) is 14.8 Å². The van der Waals surface area contributed by atoms with Crippen molar-refractivity contribution in [1.29, 1.82) is 0 Å².